The third-order valence-corrected chi connectivity index (χ3v) is 2.97. The summed E-state index contributed by atoms with van der Waals surface area (Å²) in [6.07, 6.45) is 3.86. The number of benzene rings is 1. The van der Waals surface area contributed by atoms with E-state index in [1.165, 1.54) is 16.8 Å². The van der Waals surface area contributed by atoms with Gasteiger partial charge >= 0.3 is 0 Å². The fraction of sp³-hybridized carbons (Fsp3) is 0.357. The van der Waals surface area contributed by atoms with Gasteiger partial charge in [0.2, 0.25) is 0 Å². The topological polar surface area (TPSA) is 29.9 Å². The summed E-state index contributed by atoms with van der Waals surface area (Å²) in [5.74, 6) is 1.08. The van der Waals surface area contributed by atoms with Crippen molar-refractivity contribution >= 4 is 5.69 Å². The minimum absolute atomic E-state index is 0.769. The van der Waals surface area contributed by atoms with E-state index in [0.717, 1.165) is 18.9 Å². The summed E-state index contributed by atoms with van der Waals surface area (Å²) >= 11 is 0. The van der Waals surface area contributed by atoms with Gasteiger partial charge in [-0.3, -0.25) is 0 Å². The zero-order chi connectivity index (χ0) is 12.3. The molecule has 0 radical (unpaired) electrons. The molecule has 3 heteroatoms. The van der Waals surface area contributed by atoms with Crippen LogP contribution in [0.1, 0.15) is 23.9 Å². The molecule has 3 nitrogen and oxygen atoms in total. The monoisotopic (exact) mass is 229 g/mol. The highest BCUT2D eigenvalue weighted by Gasteiger charge is 2.02. The molecule has 1 N–H and O–H groups in total. The maximum Gasteiger partial charge on any atom is 0.128 e. The van der Waals surface area contributed by atoms with Gasteiger partial charge in [0.25, 0.3) is 0 Å². The van der Waals surface area contributed by atoms with Gasteiger partial charge in [-0.15, -0.1) is 0 Å². The van der Waals surface area contributed by atoms with E-state index < -0.39 is 0 Å². The number of hydrogen-bond acceptors (Lipinski definition) is 2. The second-order valence-corrected chi connectivity index (χ2v) is 4.30. The summed E-state index contributed by atoms with van der Waals surface area (Å²) in [5.41, 5.74) is 3.73. The molecule has 0 aliphatic carbocycles. The average molecular weight is 229 g/mol. The SMILES string of the molecule is CCn1ccnc1CNc1cc(C)ccc1C. The van der Waals surface area contributed by atoms with Gasteiger partial charge in [-0.05, 0) is 38.0 Å². The molecule has 0 saturated carbocycles. The fourth-order valence-electron chi connectivity index (χ4n) is 1.90. The predicted molar refractivity (Wildman–Crippen MR) is 71.1 cm³/mol. The number of nitrogens with one attached hydrogen (secondary N) is 1. The number of anilines is 1. The van der Waals surface area contributed by atoms with E-state index in [0.29, 0.717) is 0 Å². The summed E-state index contributed by atoms with van der Waals surface area (Å²) < 4.78 is 2.15. The van der Waals surface area contributed by atoms with E-state index in [4.69, 9.17) is 0 Å². The Hall–Kier alpha value is -1.77. The molecule has 0 spiro atoms. The van der Waals surface area contributed by atoms with Crippen LogP contribution in [0.4, 0.5) is 5.69 Å². The summed E-state index contributed by atoms with van der Waals surface area (Å²) in [6.45, 7) is 8.09. The Morgan fingerprint density at radius 3 is 2.88 bits per heavy atom. The van der Waals surface area contributed by atoms with E-state index >= 15 is 0 Å². The first-order valence-corrected chi connectivity index (χ1v) is 6.02. The number of rotatable bonds is 4. The second-order valence-electron chi connectivity index (χ2n) is 4.30. The molecule has 0 bridgehead atoms. The summed E-state index contributed by atoms with van der Waals surface area (Å²) in [6, 6.07) is 6.45. The van der Waals surface area contributed by atoms with Crippen molar-refractivity contribution in [3.05, 3.63) is 47.5 Å². The highest BCUT2D eigenvalue weighted by molar-refractivity contribution is 5.52. The Morgan fingerprint density at radius 1 is 1.29 bits per heavy atom. The number of imidazole rings is 1. The molecule has 0 atom stereocenters. The fourth-order valence-corrected chi connectivity index (χ4v) is 1.90. The molecule has 1 aromatic heterocycles. The van der Waals surface area contributed by atoms with Gasteiger partial charge in [0.15, 0.2) is 0 Å². The quantitative estimate of drug-likeness (QED) is 0.873. The Balaban J connectivity index is 2.09. The Labute approximate surface area is 103 Å². The van der Waals surface area contributed by atoms with Crippen LogP contribution in [-0.2, 0) is 13.1 Å². The molecule has 1 heterocycles. The lowest BCUT2D eigenvalue weighted by Gasteiger charge is -2.11. The first-order chi connectivity index (χ1) is 8.20. The van der Waals surface area contributed by atoms with E-state index in [1.54, 1.807) is 0 Å². The minimum atomic E-state index is 0.769. The van der Waals surface area contributed by atoms with Gasteiger partial charge in [0, 0.05) is 24.6 Å². The summed E-state index contributed by atoms with van der Waals surface area (Å²) in [7, 11) is 0. The molecule has 0 fully saturated rings. The zero-order valence-corrected chi connectivity index (χ0v) is 10.7. The molecule has 17 heavy (non-hydrogen) atoms. The van der Waals surface area contributed by atoms with Gasteiger partial charge in [0.05, 0.1) is 6.54 Å². The number of aryl methyl sites for hydroxylation is 3. The van der Waals surface area contributed by atoms with Crippen molar-refractivity contribution < 1.29 is 0 Å². The van der Waals surface area contributed by atoms with Crippen LogP contribution in [-0.4, -0.2) is 9.55 Å². The lowest BCUT2D eigenvalue weighted by Crippen LogP contribution is -2.08. The standard InChI is InChI=1S/C14H19N3/c1-4-17-8-7-15-14(17)10-16-13-9-11(2)5-6-12(13)3/h5-9,16H,4,10H2,1-3H3. The van der Waals surface area contributed by atoms with Crippen LogP contribution in [0.25, 0.3) is 0 Å². The van der Waals surface area contributed by atoms with Gasteiger partial charge in [0.1, 0.15) is 5.82 Å². The molecule has 0 unspecified atom stereocenters. The number of nitrogens with zero attached hydrogens (tertiary/aromatic N) is 2. The highest BCUT2D eigenvalue weighted by atomic mass is 15.1. The van der Waals surface area contributed by atoms with Crippen molar-refractivity contribution in [3.63, 3.8) is 0 Å². The summed E-state index contributed by atoms with van der Waals surface area (Å²) in [4.78, 5) is 4.35. The molecule has 0 aliphatic heterocycles. The van der Waals surface area contributed by atoms with Gasteiger partial charge in [-0.2, -0.15) is 0 Å². The van der Waals surface area contributed by atoms with Crippen LogP contribution in [0.3, 0.4) is 0 Å². The van der Waals surface area contributed by atoms with Crippen LogP contribution in [0, 0.1) is 13.8 Å². The highest BCUT2D eigenvalue weighted by Crippen LogP contribution is 2.17. The molecular weight excluding hydrogens is 210 g/mol. The Morgan fingerprint density at radius 2 is 2.12 bits per heavy atom. The molecule has 0 aliphatic rings. The van der Waals surface area contributed by atoms with Gasteiger partial charge < -0.3 is 9.88 Å². The number of aromatic nitrogens is 2. The molecular formula is C14H19N3. The third-order valence-electron chi connectivity index (χ3n) is 2.97. The van der Waals surface area contributed by atoms with Crippen molar-refractivity contribution in [2.75, 3.05) is 5.32 Å². The molecule has 1 aromatic carbocycles. The normalized spacial score (nSPS) is 10.5. The van der Waals surface area contributed by atoms with Gasteiger partial charge in [-0.1, -0.05) is 12.1 Å². The van der Waals surface area contributed by atoms with Gasteiger partial charge in [-0.25, -0.2) is 4.98 Å². The zero-order valence-electron chi connectivity index (χ0n) is 10.7. The smallest absolute Gasteiger partial charge is 0.128 e. The number of hydrogen-bond donors (Lipinski definition) is 1. The Bertz CT molecular complexity index is 500. The van der Waals surface area contributed by atoms with Crippen molar-refractivity contribution in [2.24, 2.45) is 0 Å². The average Bonchev–Trinajstić information content (AvgIpc) is 2.77. The van der Waals surface area contributed by atoms with Crippen molar-refractivity contribution in [1.82, 2.24) is 9.55 Å². The Kier molecular flexibility index (Phi) is 3.47. The maximum absolute atomic E-state index is 4.35. The van der Waals surface area contributed by atoms with Crippen molar-refractivity contribution in [3.8, 4) is 0 Å². The van der Waals surface area contributed by atoms with Crippen LogP contribution < -0.4 is 5.32 Å². The maximum atomic E-state index is 4.35. The third kappa shape index (κ3) is 2.67. The predicted octanol–water partition coefficient (Wildman–Crippen LogP) is 3.13. The van der Waals surface area contributed by atoms with E-state index in [1.807, 2.05) is 12.4 Å². The van der Waals surface area contributed by atoms with Crippen LogP contribution in [0.2, 0.25) is 0 Å². The first-order valence-electron chi connectivity index (χ1n) is 6.02. The van der Waals surface area contributed by atoms with E-state index in [-0.39, 0.29) is 0 Å². The largest absolute Gasteiger partial charge is 0.378 e. The van der Waals surface area contributed by atoms with E-state index in [9.17, 15) is 0 Å². The van der Waals surface area contributed by atoms with Crippen LogP contribution >= 0.6 is 0 Å². The van der Waals surface area contributed by atoms with Crippen LogP contribution in [0.5, 0.6) is 0 Å². The molecule has 2 rings (SSSR count). The minimum Gasteiger partial charge on any atom is -0.378 e. The molecule has 90 valence electrons. The lowest BCUT2D eigenvalue weighted by atomic mass is 10.1. The molecule has 0 saturated heterocycles. The first kappa shape index (κ1) is 11.7. The van der Waals surface area contributed by atoms with Crippen molar-refractivity contribution in [2.45, 2.75) is 33.9 Å². The molecule has 2 aromatic rings. The lowest BCUT2D eigenvalue weighted by molar-refractivity contribution is 0.708. The van der Waals surface area contributed by atoms with E-state index in [2.05, 4.69) is 53.8 Å². The van der Waals surface area contributed by atoms with Crippen LogP contribution in [0.15, 0.2) is 30.6 Å². The van der Waals surface area contributed by atoms with Crippen molar-refractivity contribution in [1.29, 1.82) is 0 Å². The summed E-state index contributed by atoms with van der Waals surface area (Å²) in [5, 5.41) is 3.45. The second kappa shape index (κ2) is 5.04. The molecule has 0 amide bonds.